The Labute approximate surface area is 127 Å². The molecule has 1 aromatic rings. The van der Waals surface area contributed by atoms with Crippen molar-refractivity contribution in [2.75, 3.05) is 6.54 Å². The summed E-state index contributed by atoms with van der Waals surface area (Å²) in [7, 11) is 0. The van der Waals surface area contributed by atoms with E-state index in [0.717, 1.165) is 13.0 Å². The van der Waals surface area contributed by atoms with Gasteiger partial charge in [0.2, 0.25) is 5.91 Å². The maximum Gasteiger partial charge on any atom is 0.241 e. The Balaban J connectivity index is 1.84. The van der Waals surface area contributed by atoms with Crippen molar-refractivity contribution in [1.82, 2.24) is 10.2 Å². The van der Waals surface area contributed by atoms with Gasteiger partial charge in [0.25, 0.3) is 0 Å². The molecule has 3 rings (SSSR count). The molecular formula is C18H26N2O. The van der Waals surface area contributed by atoms with Gasteiger partial charge in [0.15, 0.2) is 0 Å². The average molecular weight is 286 g/mol. The first-order chi connectivity index (χ1) is 10.1. The van der Waals surface area contributed by atoms with Crippen LogP contribution in [0.15, 0.2) is 30.3 Å². The van der Waals surface area contributed by atoms with Gasteiger partial charge in [0.1, 0.15) is 6.17 Å². The molecular weight excluding hydrogens is 260 g/mol. The molecule has 1 saturated carbocycles. The van der Waals surface area contributed by atoms with Crippen molar-refractivity contribution in [1.29, 1.82) is 0 Å². The lowest BCUT2D eigenvalue weighted by Gasteiger charge is -2.33. The Morgan fingerprint density at radius 1 is 1.24 bits per heavy atom. The molecule has 21 heavy (non-hydrogen) atoms. The van der Waals surface area contributed by atoms with Crippen molar-refractivity contribution in [3.05, 3.63) is 35.9 Å². The molecule has 0 bridgehead atoms. The van der Waals surface area contributed by atoms with Gasteiger partial charge in [-0.25, -0.2) is 0 Å². The third-order valence-electron chi connectivity index (χ3n) is 5.14. The molecule has 2 unspecified atom stereocenters. The molecule has 0 aromatic heterocycles. The maximum atomic E-state index is 12.7. The number of rotatable bonds is 4. The summed E-state index contributed by atoms with van der Waals surface area (Å²) in [4.78, 5) is 14.8. The van der Waals surface area contributed by atoms with Crippen molar-refractivity contribution < 1.29 is 4.79 Å². The third-order valence-corrected chi connectivity index (χ3v) is 5.14. The lowest BCUT2D eigenvalue weighted by molar-refractivity contribution is -0.131. The predicted octanol–water partition coefficient (Wildman–Crippen LogP) is 3.48. The highest BCUT2D eigenvalue weighted by atomic mass is 16.2. The minimum Gasteiger partial charge on any atom is -0.321 e. The van der Waals surface area contributed by atoms with Crippen LogP contribution in [0.2, 0.25) is 0 Å². The summed E-state index contributed by atoms with van der Waals surface area (Å²) in [5, 5.41) is 3.52. The van der Waals surface area contributed by atoms with Gasteiger partial charge in [0, 0.05) is 6.54 Å². The standard InChI is InChI=1S/C18H26N2O/c1-3-15-17(21)20(13-18(2)11-7-8-12-18)16(19-15)14-9-5-4-6-10-14/h4-6,9-10,15-16,19H,3,7-8,11-13H2,1-2H3. The normalized spacial score (nSPS) is 28.3. The van der Waals surface area contributed by atoms with E-state index in [0.29, 0.717) is 5.41 Å². The number of hydrogen-bond acceptors (Lipinski definition) is 2. The van der Waals surface area contributed by atoms with E-state index in [1.54, 1.807) is 0 Å². The molecule has 3 nitrogen and oxygen atoms in total. The molecule has 1 saturated heterocycles. The highest BCUT2D eigenvalue weighted by molar-refractivity contribution is 5.84. The molecule has 2 aliphatic rings. The summed E-state index contributed by atoms with van der Waals surface area (Å²) in [6.07, 6.45) is 6.00. The fraction of sp³-hybridized carbons (Fsp3) is 0.611. The van der Waals surface area contributed by atoms with E-state index in [4.69, 9.17) is 0 Å². The summed E-state index contributed by atoms with van der Waals surface area (Å²) in [6.45, 7) is 5.31. The first-order valence-corrected chi connectivity index (χ1v) is 8.24. The van der Waals surface area contributed by atoms with Crippen LogP contribution in [0.3, 0.4) is 0 Å². The number of amides is 1. The molecule has 2 atom stereocenters. The highest BCUT2D eigenvalue weighted by Gasteiger charge is 2.42. The minimum absolute atomic E-state index is 0.0276. The van der Waals surface area contributed by atoms with Crippen LogP contribution >= 0.6 is 0 Å². The second-order valence-corrected chi connectivity index (χ2v) is 6.92. The smallest absolute Gasteiger partial charge is 0.241 e. The van der Waals surface area contributed by atoms with E-state index in [9.17, 15) is 4.79 Å². The van der Waals surface area contributed by atoms with Crippen LogP contribution in [0.25, 0.3) is 0 Å². The quantitative estimate of drug-likeness (QED) is 0.919. The van der Waals surface area contributed by atoms with Crippen LogP contribution < -0.4 is 5.32 Å². The van der Waals surface area contributed by atoms with E-state index in [2.05, 4.69) is 48.3 Å². The molecule has 1 aromatic carbocycles. The first kappa shape index (κ1) is 14.6. The number of nitrogens with zero attached hydrogens (tertiary/aromatic N) is 1. The fourth-order valence-electron chi connectivity index (χ4n) is 3.85. The van der Waals surface area contributed by atoms with Crippen LogP contribution in [-0.4, -0.2) is 23.4 Å². The number of carbonyl (C=O) groups excluding carboxylic acids is 1. The molecule has 1 heterocycles. The Morgan fingerprint density at radius 3 is 2.52 bits per heavy atom. The topological polar surface area (TPSA) is 32.3 Å². The van der Waals surface area contributed by atoms with Gasteiger partial charge in [-0.05, 0) is 30.2 Å². The molecule has 1 aliphatic carbocycles. The lowest BCUT2D eigenvalue weighted by Crippen LogP contribution is -2.38. The average Bonchev–Trinajstić information content (AvgIpc) is 3.06. The van der Waals surface area contributed by atoms with E-state index < -0.39 is 0 Å². The number of benzene rings is 1. The Kier molecular flexibility index (Phi) is 4.03. The van der Waals surface area contributed by atoms with Crippen molar-refractivity contribution >= 4 is 5.91 Å². The van der Waals surface area contributed by atoms with E-state index >= 15 is 0 Å². The third kappa shape index (κ3) is 2.84. The van der Waals surface area contributed by atoms with Gasteiger partial charge < -0.3 is 4.90 Å². The van der Waals surface area contributed by atoms with Crippen LogP contribution in [0.5, 0.6) is 0 Å². The second-order valence-electron chi connectivity index (χ2n) is 6.92. The monoisotopic (exact) mass is 286 g/mol. The zero-order valence-corrected chi connectivity index (χ0v) is 13.1. The highest BCUT2D eigenvalue weighted by Crippen LogP contribution is 2.40. The molecule has 3 heteroatoms. The predicted molar refractivity (Wildman–Crippen MR) is 84.7 cm³/mol. The van der Waals surface area contributed by atoms with Crippen LogP contribution in [-0.2, 0) is 4.79 Å². The molecule has 2 fully saturated rings. The van der Waals surface area contributed by atoms with Crippen LogP contribution in [0, 0.1) is 5.41 Å². The van der Waals surface area contributed by atoms with E-state index in [1.807, 2.05) is 6.07 Å². The zero-order chi connectivity index (χ0) is 14.9. The van der Waals surface area contributed by atoms with Crippen LogP contribution in [0.1, 0.15) is 57.7 Å². The zero-order valence-electron chi connectivity index (χ0n) is 13.1. The van der Waals surface area contributed by atoms with Gasteiger partial charge in [-0.1, -0.05) is 57.0 Å². The molecule has 0 radical (unpaired) electrons. The molecule has 1 N–H and O–H groups in total. The Bertz CT molecular complexity index is 493. The van der Waals surface area contributed by atoms with Gasteiger partial charge in [0.05, 0.1) is 6.04 Å². The Hall–Kier alpha value is -1.35. The second kappa shape index (κ2) is 5.80. The minimum atomic E-state index is -0.0276. The molecule has 114 valence electrons. The number of hydrogen-bond donors (Lipinski definition) is 1. The fourth-order valence-corrected chi connectivity index (χ4v) is 3.85. The summed E-state index contributed by atoms with van der Waals surface area (Å²) in [5.41, 5.74) is 1.50. The van der Waals surface area contributed by atoms with Gasteiger partial charge in [-0.3, -0.25) is 10.1 Å². The van der Waals surface area contributed by atoms with Crippen LogP contribution in [0.4, 0.5) is 0 Å². The SMILES string of the molecule is CCC1NC(c2ccccc2)N(CC2(C)CCCC2)C1=O. The number of nitrogens with one attached hydrogen (secondary N) is 1. The van der Waals surface area contributed by atoms with E-state index in [1.165, 1.54) is 31.2 Å². The van der Waals surface area contributed by atoms with Gasteiger partial charge in [-0.15, -0.1) is 0 Å². The summed E-state index contributed by atoms with van der Waals surface area (Å²) >= 11 is 0. The van der Waals surface area contributed by atoms with Crippen molar-refractivity contribution in [3.8, 4) is 0 Å². The van der Waals surface area contributed by atoms with E-state index in [-0.39, 0.29) is 18.1 Å². The Morgan fingerprint density at radius 2 is 1.90 bits per heavy atom. The maximum absolute atomic E-state index is 12.7. The largest absolute Gasteiger partial charge is 0.321 e. The summed E-state index contributed by atoms with van der Waals surface area (Å²) in [5.74, 6) is 0.277. The first-order valence-electron chi connectivity index (χ1n) is 8.24. The van der Waals surface area contributed by atoms with Crippen molar-refractivity contribution in [2.24, 2.45) is 5.41 Å². The molecule has 0 spiro atoms. The summed E-state index contributed by atoms with van der Waals surface area (Å²) < 4.78 is 0. The van der Waals surface area contributed by atoms with Gasteiger partial charge in [-0.2, -0.15) is 0 Å². The molecule has 1 amide bonds. The van der Waals surface area contributed by atoms with Crippen molar-refractivity contribution in [2.45, 2.75) is 58.2 Å². The molecule has 1 aliphatic heterocycles. The summed E-state index contributed by atoms with van der Waals surface area (Å²) in [6, 6.07) is 10.3. The lowest BCUT2D eigenvalue weighted by atomic mass is 9.88. The van der Waals surface area contributed by atoms with Crippen molar-refractivity contribution in [3.63, 3.8) is 0 Å². The number of carbonyl (C=O) groups is 1. The van der Waals surface area contributed by atoms with Gasteiger partial charge >= 0.3 is 0 Å².